The number of hydrogen-bond donors (Lipinski definition) is 1. The van der Waals surface area contributed by atoms with Crippen LogP contribution in [0.5, 0.6) is 5.75 Å². The molecule has 0 radical (unpaired) electrons. The van der Waals surface area contributed by atoms with Crippen LogP contribution < -0.4 is 9.64 Å². The molecule has 0 aromatic heterocycles. The topological polar surface area (TPSA) is 66.8 Å². The maximum Gasteiger partial charge on any atom is 0.300 e. The number of nitrogens with zero attached hydrogens (tertiary/aromatic N) is 1. The zero-order valence-electron chi connectivity index (χ0n) is 19.3. The smallest absolute Gasteiger partial charge is 0.300 e. The van der Waals surface area contributed by atoms with Crippen molar-refractivity contribution < 1.29 is 19.4 Å². The number of halogens is 1. The maximum absolute atomic E-state index is 13.3. The quantitative estimate of drug-likeness (QED) is 0.232. The van der Waals surface area contributed by atoms with E-state index in [9.17, 15) is 14.7 Å². The third-order valence-corrected chi connectivity index (χ3v) is 6.16. The molecule has 0 spiro atoms. The molecule has 1 amide bonds. The van der Waals surface area contributed by atoms with Gasteiger partial charge in [-0.25, -0.2) is 0 Å². The van der Waals surface area contributed by atoms with Crippen LogP contribution in [0.1, 0.15) is 36.6 Å². The highest BCUT2D eigenvalue weighted by Crippen LogP contribution is 2.42. The summed E-state index contributed by atoms with van der Waals surface area (Å²) in [6, 6.07) is 21.0. The number of anilines is 1. The summed E-state index contributed by atoms with van der Waals surface area (Å²) in [6.07, 6.45) is 0. The van der Waals surface area contributed by atoms with Crippen LogP contribution >= 0.6 is 15.9 Å². The molecule has 0 saturated carbocycles. The van der Waals surface area contributed by atoms with Crippen LogP contribution in [-0.2, 0) is 9.59 Å². The Bertz CT molecular complexity index is 1270. The van der Waals surface area contributed by atoms with E-state index in [1.807, 2.05) is 43.3 Å². The van der Waals surface area contributed by atoms with Gasteiger partial charge < -0.3 is 9.84 Å². The van der Waals surface area contributed by atoms with E-state index in [-0.39, 0.29) is 11.3 Å². The maximum atomic E-state index is 13.3. The first-order valence-corrected chi connectivity index (χ1v) is 11.9. The fraction of sp³-hybridized carbons (Fsp3) is 0.214. The highest BCUT2D eigenvalue weighted by Gasteiger charge is 2.47. The van der Waals surface area contributed by atoms with Gasteiger partial charge in [-0.05, 0) is 60.4 Å². The summed E-state index contributed by atoms with van der Waals surface area (Å²) in [6.45, 7) is 6.62. The number of ether oxygens (including phenoxy) is 1. The summed E-state index contributed by atoms with van der Waals surface area (Å²) in [5.41, 5.74) is 2.66. The lowest BCUT2D eigenvalue weighted by molar-refractivity contribution is -0.132. The average Bonchev–Trinajstić information content (AvgIpc) is 3.08. The van der Waals surface area contributed by atoms with Gasteiger partial charge in [0.05, 0.1) is 18.2 Å². The highest BCUT2D eigenvalue weighted by molar-refractivity contribution is 9.10. The molecule has 1 unspecified atom stereocenters. The predicted octanol–water partition coefficient (Wildman–Crippen LogP) is 6.42. The highest BCUT2D eigenvalue weighted by atomic mass is 79.9. The average molecular weight is 520 g/mol. The molecule has 0 bridgehead atoms. The minimum atomic E-state index is -0.757. The third-order valence-electron chi connectivity index (χ3n) is 5.67. The molecule has 5 nitrogen and oxygen atoms in total. The second-order valence-corrected chi connectivity index (χ2v) is 9.66. The Kier molecular flexibility index (Phi) is 6.89. The van der Waals surface area contributed by atoms with Crippen molar-refractivity contribution >= 4 is 39.1 Å². The fourth-order valence-electron chi connectivity index (χ4n) is 4.05. The Morgan fingerprint density at radius 3 is 2.41 bits per heavy atom. The van der Waals surface area contributed by atoms with Crippen molar-refractivity contribution in [3.05, 3.63) is 99.5 Å². The van der Waals surface area contributed by atoms with Crippen molar-refractivity contribution in [2.24, 2.45) is 5.92 Å². The van der Waals surface area contributed by atoms with Crippen LogP contribution in [0.25, 0.3) is 5.76 Å². The molecule has 0 aliphatic carbocycles. The van der Waals surface area contributed by atoms with Gasteiger partial charge in [0.2, 0.25) is 0 Å². The van der Waals surface area contributed by atoms with E-state index in [0.717, 1.165) is 21.3 Å². The van der Waals surface area contributed by atoms with Crippen molar-refractivity contribution in [2.75, 3.05) is 11.5 Å². The zero-order valence-corrected chi connectivity index (χ0v) is 20.9. The van der Waals surface area contributed by atoms with Crippen LogP contribution in [-0.4, -0.2) is 23.4 Å². The standard InChI is InChI=1S/C28H26BrNO4/c1-17(2)16-34-23-13-12-20(14-18(23)3)26(31)24-25(19-8-5-4-6-9-19)30(28(33)27(24)32)22-11-7-10-21(29)15-22/h4-15,17,25,31H,16H2,1-3H3/b26-24+. The Morgan fingerprint density at radius 2 is 1.76 bits per heavy atom. The Balaban J connectivity index is 1.84. The van der Waals surface area contributed by atoms with Crippen molar-refractivity contribution in [3.8, 4) is 5.75 Å². The molecule has 174 valence electrons. The number of carbonyl (C=O) groups excluding carboxylic acids is 2. The molecule has 3 aromatic carbocycles. The molecule has 1 atom stereocenters. The number of benzene rings is 3. The van der Waals surface area contributed by atoms with Crippen molar-refractivity contribution in [3.63, 3.8) is 0 Å². The van der Waals surface area contributed by atoms with Gasteiger partial charge in [0.15, 0.2) is 0 Å². The molecule has 34 heavy (non-hydrogen) atoms. The van der Waals surface area contributed by atoms with Gasteiger partial charge in [-0.3, -0.25) is 14.5 Å². The number of amides is 1. The van der Waals surface area contributed by atoms with Crippen molar-refractivity contribution in [2.45, 2.75) is 26.8 Å². The molecular weight excluding hydrogens is 494 g/mol. The number of Topliss-reactive ketones (excluding diaryl/α,β-unsaturated/α-hetero) is 1. The van der Waals surface area contributed by atoms with Crippen LogP contribution in [0.2, 0.25) is 0 Å². The monoisotopic (exact) mass is 519 g/mol. The lowest BCUT2D eigenvalue weighted by Gasteiger charge is -2.25. The van der Waals surface area contributed by atoms with E-state index in [2.05, 4.69) is 29.8 Å². The minimum Gasteiger partial charge on any atom is -0.507 e. The summed E-state index contributed by atoms with van der Waals surface area (Å²) in [4.78, 5) is 27.9. The number of aliphatic hydroxyl groups is 1. The molecule has 4 rings (SSSR count). The van der Waals surface area contributed by atoms with Crippen LogP contribution in [0.15, 0.2) is 82.8 Å². The van der Waals surface area contributed by atoms with Crippen molar-refractivity contribution in [1.82, 2.24) is 0 Å². The number of aliphatic hydroxyl groups excluding tert-OH is 1. The summed E-state index contributed by atoms with van der Waals surface area (Å²) in [5, 5.41) is 11.3. The number of hydrogen-bond acceptors (Lipinski definition) is 4. The lowest BCUT2D eigenvalue weighted by atomic mass is 9.94. The molecule has 3 aromatic rings. The Hall–Kier alpha value is -3.38. The van der Waals surface area contributed by atoms with Gasteiger partial charge in [-0.2, -0.15) is 0 Å². The molecule has 1 fully saturated rings. The molecule has 1 aliphatic rings. The molecular formula is C28H26BrNO4. The van der Waals surface area contributed by atoms with Gasteiger partial charge >= 0.3 is 0 Å². The molecule has 1 saturated heterocycles. The van der Waals surface area contributed by atoms with Crippen LogP contribution in [0.3, 0.4) is 0 Å². The Labute approximate surface area is 207 Å². The molecule has 6 heteroatoms. The first kappa shape index (κ1) is 23.8. The van der Waals surface area contributed by atoms with Crippen LogP contribution in [0.4, 0.5) is 5.69 Å². The van der Waals surface area contributed by atoms with E-state index in [4.69, 9.17) is 4.74 Å². The minimum absolute atomic E-state index is 0.0615. The summed E-state index contributed by atoms with van der Waals surface area (Å²) >= 11 is 3.44. The predicted molar refractivity (Wildman–Crippen MR) is 137 cm³/mol. The van der Waals surface area contributed by atoms with E-state index in [1.165, 1.54) is 4.90 Å². The Morgan fingerprint density at radius 1 is 1.03 bits per heavy atom. The normalized spacial score (nSPS) is 17.4. The van der Waals surface area contributed by atoms with Gasteiger partial charge in [0.25, 0.3) is 11.7 Å². The zero-order chi connectivity index (χ0) is 24.4. The van der Waals surface area contributed by atoms with Gasteiger partial charge in [-0.1, -0.05) is 66.2 Å². The molecule has 1 N–H and O–H groups in total. The van der Waals surface area contributed by atoms with Gasteiger partial charge in [0.1, 0.15) is 11.5 Å². The van der Waals surface area contributed by atoms with E-state index in [1.54, 1.807) is 36.4 Å². The second-order valence-electron chi connectivity index (χ2n) is 8.74. The van der Waals surface area contributed by atoms with E-state index >= 15 is 0 Å². The fourth-order valence-corrected chi connectivity index (χ4v) is 4.43. The molecule has 1 aliphatic heterocycles. The molecule has 1 heterocycles. The number of rotatable bonds is 6. The number of ketones is 1. The van der Waals surface area contributed by atoms with Crippen LogP contribution in [0, 0.1) is 12.8 Å². The SMILES string of the molecule is Cc1cc(/C(O)=C2\C(=O)C(=O)N(c3cccc(Br)c3)C2c2ccccc2)ccc1OCC(C)C. The largest absolute Gasteiger partial charge is 0.507 e. The summed E-state index contributed by atoms with van der Waals surface area (Å²) in [7, 11) is 0. The van der Waals surface area contributed by atoms with Crippen molar-refractivity contribution in [1.29, 1.82) is 0 Å². The second kappa shape index (κ2) is 9.85. The summed E-state index contributed by atoms with van der Waals surface area (Å²) < 4.78 is 6.63. The number of aryl methyl sites for hydroxylation is 1. The summed E-state index contributed by atoms with van der Waals surface area (Å²) in [5.74, 6) is -0.499. The first-order chi connectivity index (χ1) is 16.3. The first-order valence-electron chi connectivity index (χ1n) is 11.1. The van der Waals surface area contributed by atoms with E-state index < -0.39 is 17.7 Å². The lowest BCUT2D eigenvalue weighted by Crippen LogP contribution is -2.29. The van der Waals surface area contributed by atoms with Gasteiger partial charge in [-0.15, -0.1) is 0 Å². The van der Waals surface area contributed by atoms with Gasteiger partial charge in [0, 0.05) is 15.7 Å². The third kappa shape index (κ3) is 4.64. The van der Waals surface area contributed by atoms with E-state index in [0.29, 0.717) is 23.8 Å². The number of carbonyl (C=O) groups is 2.